The third kappa shape index (κ3) is 3.74. The van der Waals surface area contributed by atoms with Crippen LogP contribution in [0.2, 0.25) is 0 Å². The molecule has 0 aliphatic carbocycles. The van der Waals surface area contributed by atoms with E-state index >= 15 is 0 Å². The van der Waals surface area contributed by atoms with Crippen molar-refractivity contribution in [3.05, 3.63) is 41.9 Å². The van der Waals surface area contributed by atoms with Gasteiger partial charge in [-0.15, -0.1) is 11.8 Å². The summed E-state index contributed by atoms with van der Waals surface area (Å²) in [7, 11) is 3.30. The first kappa shape index (κ1) is 15.8. The Morgan fingerprint density at radius 1 is 1.24 bits per heavy atom. The van der Waals surface area contributed by atoms with E-state index in [0.717, 1.165) is 23.8 Å². The number of rotatable bonds is 7. The van der Waals surface area contributed by atoms with Crippen LogP contribution in [0.15, 0.2) is 39.8 Å². The van der Waals surface area contributed by atoms with Gasteiger partial charge in [0.05, 0.1) is 26.5 Å². The fourth-order valence-electron chi connectivity index (χ4n) is 2.13. The van der Waals surface area contributed by atoms with Crippen molar-refractivity contribution < 1.29 is 13.9 Å². The molecule has 1 aromatic carbocycles. The van der Waals surface area contributed by atoms with Crippen molar-refractivity contribution in [2.75, 3.05) is 20.5 Å². The smallest absolute Gasteiger partial charge is 0.161 e. The molecule has 1 N–H and O–H groups in total. The van der Waals surface area contributed by atoms with Gasteiger partial charge in [0.15, 0.2) is 11.5 Å². The van der Waals surface area contributed by atoms with Crippen LogP contribution in [-0.4, -0.2) is 20.5 Å². The SMILES string of the molecule is COc1cc(CNC(C)c2ccco2)c(SC)cc1OC. The third-order valence-corrected chi connectivity index (χ3v) is 4.18. The first-order chi connectivity index (χ1) is 10.2. The van der Waals surface area contributed by atoms with E-state index < -0.39 is 0 Å². The largest absolute Gasteiger partial charge is 0.493 e. The van der Waals surface area contributed by atoms with Gasteiger partial charge in [-0.25, -0.2) is 0 Å². The van der Waals surface area contributed by atoms with Crippen molar-refractivity contribution in [2.24, 2.45) is 0 Å². The van der Waals surface area contributed by atoms with Gasteiger partial charge in [-0.3, -0.25) is 0 Å². The van der Waals surface area contributed by atoms with Gasteiger partial charge >= 0.3 is 0 Å². The summed E-state index contributed by atoms with van der Waals surface area (Å²) in [6, 6.07) is 8.06. The minimum absolute atomic E-state index is 0.155. The second-order valence-electron chi connectivity index (χ2n) is 4.64. The van der Waals surface area contributed by atoms with E-state index in [9.17, 15) is 0 Å². The fraction of sp³-hybridized carbons (Fsp3) is 0.375. The maximum absolute atomic E-state index is 5.41. The molecule has 2 rings (SSSR count). The molecule has 0 aliphatic rings. The summed E-state index contributed by atoms with van der Waals surface area (Å²) in [6.45, 7) is 2.82. The zero-order valence-electron chi connectivity index (χ0n) is 12.8. The molecule has 114 valence electrons. The van der Waals surface area contributed by atoms with Crippen LogP contribution in [-0.2, 0) is 6.54 Å². The van der Waals surface area contributed by atoms with Crippen LogP contribution < -0.4 is 14.8 Å². The number of benzene rings is 1. The van der Waals surface area contributed by atoms with E-state index in [1.54, 1.807) is 32.2 Å². The predicted octanol–water partition coefficient (Wildman–Crippen LogP) is 3.87. The molecule has 0 spiro atoms. The number of ether oxygens (including phenoxy) is 2. The lowest BCUT2D eigenvalue weighted by Gasteiger charge is -2.16. The van der Waals surface area contributed by atoms with Crippen LogP contribution in [0, 0.1) is 0 Å². The molecule has 0 bridgehead atoms. The summed E-state index contributed by atoms with van der Waals surface area (Å²) >= 11 is 1.69. The van der Waals surface area contributed by atoms with E-state index in [4.69, 9.17) is 13.9 Å². The predicted molar refractivity (Wildman–Crippen MR) is 85.3 cm³/mol. The number of hydrogen-bond donors (Lipinski definition) is 1. The Balaban J connectivity index is 2.15. The second kappa shape index (κ2) is 7.43. The lowest BCUT2D eigenvalue weighted by molar-refractivity contribution is 0.353. The summed E-state index contributed by atoms with van der Waals surface area (Å²) in [6.07, 6.45) is 3.75. The minimum atomic E-state index is 0.155. The summed E-state index contributed by atoms with van der Waals surface area (Å²) < 4.78 is 16.1. The average Bonchev–Trinajstić information content (AvgIpc) is 3.06. The number of hydrogen-bond acceptors (Lipinski definition) is 5. The third-order valence-electron chi connectivity index (χ3n) is 3.36. The summed E-state index contributed by atoms with van der Waals surface area (Å²) in [5, 5.41) is 3.46. The molecule has 1 heterocycles. The fourth-order valence-corrected chi connectivity index (χ4v) is 2.75. The van der Waals surface area contributed by atoms with Crippen molar-refractivity contribution in [3.63, 3.8) is 0 Å². The van der Waals surface area contributed by atoms with Crippen molar-refractivity contribution in [1.82, 2.24) is 5.32 Å². The van der Waals surface area contributed by atoms with Gasteiger partial charge < -0.3 is 19.2 Å². The molecular formula is C16H21NO3S. The number of furan rings is 1. The number of thioether (sulfide) groups is 1. The van der Waals surface area contributed by atoms with Gasteiger partial charge in [-0.05, 0) is 43.0 Å². The van der Waals surface area contributed by atoms with Gasteiger partial charge in [0.25, 0.3) is 0 Å². The Bertz CT molecular complexity index is 569. The molecule has 0 saturated carbocycles. The number of nitrogens with one attached hydrogen (secondary N) is 1. The van der Waals surface area contributed by atoms with E-state index in [0.29, 0.717) is 0 Å². The monoisotopic (exact) mass is 307 g/mol. The molecule has 0 amide bonds. The van der Waals surface area contributed by atoms with Crippen LogP contribution in [0.25, 0.3) is 0 Å². The van der Waals surface area contributed by atoms with Gasteiger partial charge in [-0.1, -0.05) is 0 Å². The first-order valence-corrected chi connectivity index (χ1v) is 7.97. The molecule has 0 saturated heterocycles. The zero-order valence-corrected chi connectivity index (χ0v) is 13.6. The van der Waals surface area contributed by atoms with Gasteiger partial charge in [0.1, 0.15) is 5.76 Å². The van der Waals surface area contributed by atoms with Crippen molar-refractivity contribution in [1.29, 1.82) is 0 Å². The quantitative estimate of drug-likeness (QED) is 0.787. The zero-order chi connectivity index (χ0) is 15.2. The molecule has 0 aliphatic heterocycles. The molecule has 1 atom stereocenters. The van der Waals surface area contributed by atoms with E-state index in [1.807, 2.05) is 24.3 Å². The van der Waals surface area contributed by atoms with Gasteiger partial charge in [-0.2, -0.15) is 0 Å². The molecule has 5 heteroatoms. The lowest BCUT2D eigenvalue weighted by Crippen LogP contribution is -2.18. The van der Waals surface area contributed by atoms with Crippen LogP contribution in [0.1, 0.15) is 24.3 Å². The van der Waals surface area contributed by atoms with Crippen LogP contribution >= 0.6 is 11.8 Å². The molecule has 21 heavy (non-hydrogen) atoms. The lowest BCUT2D eigenvalue weighted by atomic mass is 10.1. The maximum Gasteiger partial charge on any atom is 0.161 e. The highest BCUT2D eigenvalue weighted by atomic mass is 32.2. The van der Waals surface area contributed by atoms with Crippen LogP contribution in [0.3, 0.4) is 0 Å². The molecule has 4 nitrogen and oxygen atoms in total. The molecule has 1 aromatic heterocycles. The maximum atomic E-state index is 5.41. The summed E-state index contributed by atoms with van der Waals surface area (Å²) in [5.74, 6) is 2.43. The van der Waals surface area contributed by atoms with Gasteiger partial charge in [0.2, 0.25) is 0 Å². The highest BCUT2D eigenvalue weighted by Gasteiger charge is 2.13. The Kier molecular flexibility index (Phi) is 5.59. The topological polar surface area (TPSA) is 43.6 Å². The summed E-state index contributed by atoms with van der Waals surface area (Å²) in [5.41, 5.74) is 1.18. The highest BCUT2D eigenvalue weighted by molar-refractivity contribution is 7.98. The molecule has 2 aromatic rings. The van der Waals surface area contributed by atoms with Crippen molar-refractivity contribution in [3.8, 4) is 11.5 Å². The Hall–Kier alpha value is -1.59. The molecular weight excluding hydrogens is 286 g/mol. The Morgan fingerprint density at radius 2 is 1.95 bits per heavy atom. The normalized spacial score (nSPS) is 12.2. The standard InChI is InChI=1S/C16H21NO3S/c1-11(13-6-5-7-20-13)17-10-12-8-14(18-2)15(19-3)9-16(12)21-4/h5-9,11,17H,10H2,1-4H3. The van der Waals surface area contributed by atoms with Crippen molar-refractivity contribution in [2.45, 2.75) is 24.4 Å². The van der Waals surface area contributed by atoms with E-state index in [1.165, 1.54) is 10.5 Å². The van der Waals surface area contributed by atoms with E-state index in [2.05, 4.69) is 18.5 Å². The first-order valence-electron chi connectivity index (χ1n) is 6.75. The average molecular weight is 307 g/mol. The van der Waals surface area contributed by atoms with Gasteiger partial charge in [0, 0.05) is 11.4 Å². The molecule has 0 radical (unpaired) electrons. The summed E-state index contributed by atoms with van der Waals surface area (Å²) in [4.78, 5) is 1.17. The van der Waals surface area contributed by atoms with Crippen LogP contribution in [0.4, 0.5) is 0 Å². The van der Waals surface area contributed by atoms with Crippen LogP contribution in [0.5, 0.6) is 11.5 Å². The number of methoxy groups -OCH3 is 2. The Labute approximate surface area is 129 Å². The Morgan fingerprint density at radius 3 is 2.52 bits per heavy atom. The highest BCUT2D eigenvalue weighted by Crippen LogP contribution is 2.34. The van der Waals surface area contributed by atoms with E-state index in [-0.39, 0.29) is 6.04 Å². The second-order valence-corrected chi connectivity index (χ2v) is 5.49. The minimum Gasteiger partial charge on any atom is -0.493 e. The molecule has 1 unspecified atom stereocenters. The van der Waals surface area contributed by atoms with Crippen molar-refractivity contribution >= 4 is 11.8 Å². The molecule has 0 fully saturated rings.